The first kappa shape index (κ1) is 29.8. The van der Waals surface area contributed by atoms with E-state index in [0.717, 1.165) is 43.5 Å². The number of nitrogens with one attached hydrogen (secondary N) is 2. The van der Waals surface area contributed by atoms with E-state index in [9.17, 15) is 14.7 Å². The third kappa shape index (κ3) is 8.90. The summed E-state index contributed by atoms with van der Waals surface area (Å²) in [6.45, 7) is 8.89. The van der Waals surface area contributed by atoms with Crippen LogP contribution in [-0.2, 0) is 16.1 Å². The summed E-state index contributed by atoms with van der Waals surface area (Å²) in [4.78, 5) is 32.7. The Morgan fingerprint density at radius 1 is 1.30 bits per heavy atom. The number of halogens is 2. The maximum absolute atomic E-state index is 13.1. The highest BCUT2D eigenvalue weighted by molar-refractivity contribution is 7.07. The van der Waals surface area contributed by atoms with Gasteiger partial charge >= 0.3 is 0 Å². The van der Waals surface area contributed by atoms with Crippen LogP contribution in [0, 0.1) is 6.92 Å². The highest BCUT2D eigenvalue weighted by Crippen LogP contribution is 2.26. The number of aryl methyl sites for hydroxylation is 1. The Morgan fingerprint density at radius 2 is 2.03 bits per heavy atom. The quantitative estimate of drug-likeness (QED) is 0.262. The van der Waals surface area contributed by atoms with Gasteiger partial charge in [0.05, 0.1) is 0 Å². The molecular formula is C26H37Cl2N5O3S. The van der Waals surface area contributed by atoms with E-state index in [4.69, 9.17) is 23.2 Å². The number of nitrogens with zero attached hydrogens (tertiary/aromatic N) is 3. The minimum absolute atomic E-state index is 0.0790. The van der Waals surface area contributed by atoms with Crippen molar-refractivity contribution in [2.75, 3.05) is 26.2 Å². The van der Waals surface area contributed by atoms with Crippen LogP contribution in [0.2, 0.25) is 10.3 Å². The molecule has 1 unspecified atom stereocenters. The van der Waals surface area contributed by atoms with E-state index in [2.05, 4.69) is 38.9 Å². The molecule has 0 spiro atoms. The number of aliphatic hydroxyl groups excluding tert-OH is 1. The number of rotatable bonds is 12. The van der Waals surface area contributed by atoms with Gasteiger partial charge < -0.3 is 20.2 Å². The predicted molar refractivity (Wildman–Crippen MR) is 149 cm³/mol. The van der Waals surface area contributed by atoms with Gasteiger partial charge in [0.25, 0.3) is 0 Å². The molecule has 0 aromatic carbocycles. The normalized spacial score (nSPS) is 16.4. The Labute approximate surface area is 233 Å². The van der Waals surface area contributed by atoms with E-state index in [1.165, 1.54) is 6.92 Å². The molecule has 2 aromatic rings. The van der Waals surface area contributed by atoms with E-state index in [1.54, 1.807) is 17.4 Å². The highest BCUT2D eigenvalue weighted by atomic mass is 35.5. The van der Waals surface area contributed by atoms with Crippen LogP contribution in [0.4, 0.5) is 0 Å². The van der Waals surface area contributed by atoms with Crippen molar-refractivity contribution in [3.63, 3.8) is 0 Å². The van der Waals surface area contributed by atoms with Crippen LogP contribution in [0.1, 0.15) is 62.4 Å². The van der Waals surface area contributed by atoms with Crippen molar-refractivity contribution in [2.45, 2.75) is 71.3 Å². The number of thiophene rings is 1. The zero-order valence-corrected chi connectivity index (χ0v) is 24.0. The third-order valence-electron chi connectivity index (χ3n) is 6.89. The molecule has 204 valence electrons. The molecular weight excluding hydrogens is 533 g/mol. The summed E-state index contributed by atoms with van der Waals surface area (Å²) in [5.74, 6) is -0.0418. The number of aromatic nitrogens is 1. The fraction of sp³-hybridized carbons (Fsp3) is 0.577. The van der Waals surface area contributed by atoms with Crippen LogP contribution in [-0.4, -0.2) is 70.0 Å². The molecule has 0 aliphatic carbocycles. The molecule has 1 aliphatic rings. The summed E-state index contributed by atoms with van der Waals surface area (Å²) in [6, 6.07) is 4.25. The van der Waals surface area contributed by atoms with E-state index >= 15 is 0 Å². The predicted octanol–water partition coefficient (Wildman–Crippen LogP) is 4.14. The van der Waals surface area contributed by atoms with E-state index in [0.29, 0.717) is 42.8 Å². The molecule has 2 atom stereocenters. The summed E-state index contributed by atoms with van der Waals surface area (Å²) in [5.41, 5.74) is 2.48. The molecule has 2 amide bonds. The average molecular weight is 571 g/mol. The molecule has 11 heteroatoms. The zero-order valence-electron chi connectivity index (χ0n) is 21.7. The molecule has 0 bridgehead atoms. The Morgan fingerprint density at radius 3 is 2.65 bits per heavy atom. The molecule has 1 saturated heterocycles. The first-order valence-corrected chi connectivity index (χ1v) is 14.4. The number of carbonyl (C=O) groups is 2. The molecule has 8 nitrogen and oxygen atoms in total. The van der Waals surface area contributed by atoms with Gasteiger partial charge in [0, 0.05) is 57.2 Å². The van der Waals surface area contributed by atoms with E-state index in [-0.39, 0.29) is 23.0 Å². The molecule has 3 heterocycles. The lowest BCUT2D eigenvalue weighted by atomic mass is 9.99. The zero-order chi connectivity index (χ0) is 26.9. The average Bonchev–Trinajstić information content (AvgIpc) is 3.35. The number of pyridine rings is 1. The van der Waals surface area contributed by atoms with Gasteiger partial charge in [0.1, 0.15) is 16.5 Å². The number of hydrogen-bond donors (Lipinski definition) is 3. The van der Waals surface area contributed by atoms with Crippen molar-refractivity contribution >= 4 is 46.4 Å². The number of piperidine rings is 1. The summed E-state index contributed by atoms with van der Waals surface area (Å²) < 4.78 is 0. The largest absolute Gasteiger partial charge is 0.374 e. The van der Waals surface area contributed by atoms with Gasteiger partial charge in [-0.3, -0.25) is 14.9 Å². The van der Waals surface area contributed by atoms with Crippen LogP contribution in [0.25, 0.3) is 0 Å². The Kier molecular flexibility index (Phi) is 11.6. The summed E-state index contributed by atoms with van der Waals surface area (Å²) in [5, 5.41) is 21.1. The number of likely N-dealkylation sites (tertiary alicyclic amines) is 1. The Balaban J connectivity index is 1.49. The van der Waals surface area contributed by atoms with Crippen molar-refractivity contribution in [3.8, 4) is 0 Å². The maximum atomic E-state index is 13.1. The lowest BCUT2D eigenvalue weighted by Gasteiger charge is -2.41. The molecule has 3 N–H and O–H groups in total. The van der Waals surface area contributed by atoms with Crippen LogP contribution in [0.5, 0.6) is 0 Å². The number of aliphatic hydroxyl groups is 1. The summed E-state index contributed by atoms with van der Waals surface area (Å²) in [7, 11) is 0. The van der Waals surface area contributed by atoms with Crippen LogP contribution < -0.4 is 10.6 Å². The lowest BCUT2D eigenvalue weighted by molar-refractivity contribution is -0.135. The lowest BCUT2D eigenvalue weighted by Crippen LogP contribution is -2.49. The molecule has 37 heavy (non-hydrogen) atoms. The third-order valence-corrected chi connectivity index (χ3v) is 8.10. The molecule has 0 radical (unpaired) electrons. The number of hydrogen-bond acceptors (Lipinski definition) is 7. The van der Waals surface area contributed by atoms with E-state index in [1.807, 2.05) is 17.2 Å². The minimum Gasteiger partial charge on any atom is -0.374 e. The van der Waals surface area contributed by atoms with Crippen molar-refractivity contribution < 1.29 is 14.7 Å². The monoisotopic (exact) mass is 569 g/mol. The molecule has 1 aliphatic heterocycles. The van der Waals surface area contributed by atoms with Gasteiger partial charge in [-0.15, -0.1) is 0 Å². The number of carbonyl (C=O) groups excluding carboxylic acids is 2. The second-order valence-electron chi connectivity index (χ2n) is 9.61. The van der Waals surface area contributed by atoms with Gasteiger partial charge in [-0.05, 0) is 73.7 Å². The molecule has 0 saturated carbocycles. The molecule has 2 aromatic heterocycles. The van der Waals surface area contributed by atoms with Crippen LogP contribution >= 0.6 is 34.5 Å². The topological polar surface area (TPSA) is 97.8 Å². The SMILES string of the molecule is CC(=O)NCCC(=O)N(Cc1ccsc1)C1CCN([C@H](C)CCNC(O)c2c(C)cc(Cl)nc2Cl)CC1. The van der Waals surface area contributed by atoms with Gasteiger partial charge in [-0.1, -0.05) is 23.2 Å². The smallest absolute Gasteiger partial charge is 0.224 e. The Bertz CT molecular complexity index is 1010. The summed E-state index contributed by atoms with van der Waals surface area (Å²) >= 11 is 13.8. The van der Waals surface area contributed by atoms with Crippen molar-refractivity contribution in [1.82, 2.24) is 25.4 Å². The molecule has 3 rings (SSSR count). The number of amides is 2. The minimum atomic E-state index is -0.913. The fourth-order valence-electron chi connectivity index (χ4n) is 4.77. The van der Waals surface area contributed by atoms with Gasteiger partial charge in [0.2, 0.25) is 11.8 Å². The second-order valence-corrected chi connectivity index (χ2v) is 11.1. The van der Waals surface area contributed by atoms with Gasteiger partial charge in [0.15, 0.2) is 0 Å². The van der Waals surface area contributed by atoms with Crippen LogP contribution in [0.15, 0.2) is 22.9 Å². The second kappa shape index (κ2) is 14.4. The van der Waals surface area contributed by atoms with Crippen molar-refractivity contribution in [1.29, 1.82) is 0 Å². The maximum Gasteiger partial charge on any atom is 0.224 e. The first-order valence-electron chi connectivity index (χ1n) is 12.7. The standard InChI is InChI=1S/C26H37Cl2N5O3S/c1-17-14-22(27)31-25(28)24(17)26(36)30-9-4-18(2)32-11-6-21(7-12-32)33(15-20-8-13-37-16-20)23(35)5-10-29-19(3)34/h8,13-14,16,18,21,26,30,36H,4-7,9-12,15H2,1-3H3,(H,29,34)/t18-,26?/m1/s1. The summed E-state index contributed by atoms with van der Waals surface area (Å²) in [6.07, 6.45) is 2.06. The fourth-order valence-corrected chi connectivity index (χ4v) is 6.07. The van der Waals surface area contributed by atoms with E-state index < -0.39 is 6.23 Å². The highest BCUT2D eigenvalue weighted by Gasteiger charge is 2.29. The van der Waals surface area contributed by atoms with Crippen molar-refractivity contribution in [3.05, 3.63) is 49.9 Å². The van der Waals surface area contributed by atoms with Gasteiger partial charge in [-0.2, -0.15) is 11.3 Å². The first-order chi connectivity index (χ1) is 17.7. The molecule has 1 fully saturated rings. The van der Waals surface area contributed by atoms with Crippen molar-refractivity contribution in [2.24, 2.45) is 0 Å². The van der Waals surface area contributed by atoms with Gasteiger partial charge in [-0.25, -0.2) is 4.98 Å². The van der Waals surface area contributed by atoms with Crippen LogP contribution in [0.3, 0.4) is 0 Å². The Hall–Kier alpha value is -1.75.